The molecule has 0 amide bonds. The molecule has 5 nitrogen and oxygen atoms in total. The molecule has 0 aliphatic heterocycles. The third kappa shape index (κ3) is 2.14. The van der Waals surface area contributed by atoms with Crippen molar-refractivity contribution in [1.82, 2.24) is 24.7 Å². The molecular formula is C14H14ClN5. The summed E-state index contributed by atoms with van der Waals surface area (Å²) in [5.41, 5.74) is 3.59. The minimum absolute atomic E-state index is 0.234. The number of hydrogen-bond acceptors (Lipinski definition) is 4. The fraction of sp³-hybridized carbons (Fsp3) is 0.286. The van der Waals surface area contributed by atoms with Gasteiger partial charge >= 0.3 is 0 Å². The summed E-state index contributed by atoms with van der Waals surface area (Å²) in [7, 11) is 1.94. The van der Waals surface area contributed by atoms with Gasteiger partial charge in [0.25, 0.3) is 0 Å². The number of halogens is 1. The lowest BCUT2D eigenvalue weighted by molar-refractivity contribution is 0.676. The standard InChI is InChI=1S/C14H14ClN5/c1-8(2)12-10-6-9(7-17-13(10)19-20(12)3)11-4-5-16-14(15)18-11/h4-8H,1-3H3. The Kier molecular flexibility index (Phi) is 3.14. The summed E-state index contributed by atoms with van der Waals surface area (Å²) in [6, 6.07) is 3.88. The molecule has 0 aliphatic carbocycles. The van der Waals surface area contributed by atoms with Gasteiger partial charge in [0.1, 0.15) is 0 Å². The maximum absolute atomic E-state index is 5.84. The van der Waals surface area contributed by atoms with Crippen molar-refractivity contribution < 1.29 is 0 Å². The first kappa shape index (κ1) is 13.0. The van der Waals surface area contributed by atoms with Crippen molar-refractivity contribution in [2.24, 2.45) is 7.05 Å². The molecule has 0 saturated heterocycles. The SMILES string of the molecule is CC(C)c1c2cc(-c3ccnc(Cl)n3)cnc2nn1C. The van der Waals surface area contributed by atoms with E-state index in [1.807, 2.05) is 17.8 Å². The van der Waals surface area contributed by atoms with E-state index in [-0.39, 0.29) is 5.28 Å². The van der Waals surface area contributed by atoms with Crippen molar-refractivity contribution >= 4 is 22.6 Å². The smallest absolute Gasteiger partial charge is 0.222 e. The maximum Gasteiger partial charge on any atom is 0.222 e. The van der Waals surface area contributed by atoms with Crippen LogP contribution in [0.25, 0.3) is 22.3 Å². The molecule has 20 heavy (non-hydrogen) atoms. The van der Waals surface area contributed by atoms with Crippen LogP contribution in [0.1, 0.15) is 25.5 Å². The maximum atomic E-state index is 5.84. The normalized spacial score (nSPS) is 11.4. The molecule has 3 heterocycles. The van der Waals surface area contributed by atoms with Gasteiger partial charge in [0.2, 0.25) is 5.28 Å². The highest BCUT2D eigenvalue weighted by Crippen LogP contribution is 2.27. The summed E-state index contributed by atoms with van der Waals surface area (Å²) in [5.74, 6) is 0.371. The number of pyridine rings is 1. The van der Waals surface area contributed by atoms with Crippen LogP contribution in [0.2, 0.25) is 5.28 Å². The van der Waals surface area contributed by atoms with E-state index in [4.69, 9.17) is 11.6 Å². The van der Waals surface area contributed by atoms with E-state index in [0.717, 1.165) is 28.0 Å². The van der Waals surface area contributed by atoms with Crippen LogP contribution in [-0.2, 0) is 7.05 Å². The van der Waals surface area contributed by atoms with Crippen molar-refractivity contribution in [2.75, 3.05) is 0 Å². The van der Waals surface area contributed by atoms with Gasteiger partial charge in [0.15, 0.2) is 5.65 Å². The predicted octanol–water partition coefficient (Wildman–Crippen LogP) is 3.20. The van der Waals surface area contributed by atoms with Crippen LogP contribution >= 0.6 is 11.6 Å². The zero-order chi connectivity index (χ0) is 14.3. The molecule has 0 fully saturated rings. The van der Waals surface area contributed by atoms with Crippen LogP contribution in [0.15, 0.2) is 24.5 Å². The molecule has 3 aromatic heterocycles. The van der Waals surface area contributed by atoms with Gasteiger partial charge in [-0.2, -0.15) is 5.10 Å². The Morgan fingerprint density at radius 1 is 1.25 bits per heavy atom. The number of aromatic nitrogens is 5. The first-order valence-electron chi connectivity index (χ1n) is 6.38. The highest BCUT2D eigenvalue weighted by Gasteiger charge is 2.14. The predicted molar refractivity (Wildman–Crippen MR) is 78.6 cm³/mol. The van der Waals surface area contributed by atoms with Crippen LogP contribution in [-0.4, -0.2) is 24.7 Å². The van der Waals surface area contributed by atoms with Crippen LogP contribution in [0.4, 0.5) is 0 Å². The first-order chi connectivity index (χ1) is 9.56. The van der Waals surface area contributed by atoms with Gasteiger partial charge in [-0.3, -0.25) is 4.68 Å². The molecule has 0 aromatic carbocycles. The van der Waals surface area contributed by atoms with Gasteiger partial charge in [-0.05, 0) is 29.7 Å². The highest BCUT2D eigenvalue weighted by atomic mass is 35.5. The quantitative estimate of drug-likeness (QED) is 0.679. The van der Waals surface area contributed by atoms with Gasteiger partial charge in [0, 0.05) is 30.4 Å². The monoisotopic (exact) mass is 287 g/mol. The lowest BCUT2D eigenvalue weighted by Crippen LogP contribution is -1.99. The molecule has 0 spiro atoms. The molecule has 3 aromatic rings. The minimum Gasteiger partial charge on any atom is -0.270 e. The molecule has 3 rings (SSSR count). The lowest BCUT2D eigenvalue weighted by atomic mass is 10.1. The minimum atomic E-state index is 0.234. The van der Waals surface area contributed by atoms with Gasteiger partial charge in [0.05, 0.1) is 11.4 Å². The Balaban J connectivity index is 2.22. The second-order valence-corrected chi connectivity index (χ2v) is 5.31. The van der Waals surface area contributed by atoms with Gasteiger partial charge in [-0.25, -0.2) is 15.0 Å². The van der Waals surface area contributed by atoms with Crippen molar-refractivity contribution in [3.05, 3.63) is 35.5 Å². The third-order valence-corrected chi connectivity index (χ3v) is 3.39. The Hall–Kier alpha value is -2.01. The van der Waals surface area contributed by atoms with E-state index >= 15 is 0 Å². The van der Waals surface area contributed by atoms with E-state index in [1.165, 1.54) is 0 Å². The Morgan fingerprint density at radius 3 is 2.75 bits per heavy atom. The topological polar surface area (TPSA) is 56.5 Å². The molecule has 0 bridgehead atoms. The van der Waals surface area contributed by atoms with Crippen molar-refractivity contribution in [3.63, 3.8) is 0 Å². The van der Waals surface area contributed by atoms with Gasteiger partial charge in [-0.15, -0.1) is 0 Å². The summed E-state index contributed by atoms with van der Waals surface area (Å²) in [5, 5.41) is 5.72. The number of hydrogen-bond donors (Lipinski definition) is 0. The molecule has 0 unspecified atom stereocenters. The fourth-order valence-corrected chi connectivity index (χ4v) is 2.56. The second-order valence-electron chi connectivity index (χ2n) is 4.97. The Bertz CT molecular complexity index is 778. The average Bonchev–Trinajstić information content (AvgIpc) is 2.73. The van der Waals surface area contributed by atoms with E-state index in [2.05, 4.69) is 40.0 Å². The van der Waals surface area contributed by atoms with E-state index in [0.29, 0.717) is 5.92 Å². The van der Waals surface area contributed by atoms with Gasteiger partial charge < -0.3 is 0 Å². The van der Waals surface area contributed by atoms with Crippen molar-refractivity contribution in [3.8, 4) is 11.3 Å². The zero-order valence-corrected chi connectivity index (χ0v) is 12.3. The molecular weight excluding hydrogens is 274 g/mol. The molecule has 0 aliphatic rings. The van der Waals surface area contributed by atoms with E-state index in [9.17, 15) is 0 Å². The van der Waals surface area contributed by atoms with Crippen LogP contribution in [0.5, 0.6) is 0 Å². The number of fused-ring (bicyclic) bond motifs is 1. The summed E-state index contributed by atoms with van der Waals surface area (Å²) < 4.78 is 1.89. The number of nitrogens with zero attached hydrogens (tertiary/aromatic N) is 5. The number of rotatable bonds is 2. The molecule has 0 saturated carbocycles. The highest BCUT2D eigenvalue weighted by molar-refractivity contribution is 6.28. The van der Waals surface area contributed by atoms with Gasteiger partial charge in [-0.1, -0.05) is 13.8 Å². The summed E-state index contributed by atoms with van der Waals surface area (Å²) in [4.78, 5) is 12.5. The lowest BCUT2D eigenvalue weighted by Gasteiger charge is -2.06. The summed E-state index contributed by atoms with van der Waals surface area (Å²) in [6.07, 6.45) is 3.40. The molecule has 0 atom stereocenters. The van der Waals surface area contributed by atoms with E-state index < -0.39 is 0 Å². The van der Waals surface area contributed by atoms with Crippen molar-refractivity contribution in [2.45, 2.75) is 19.8 Å². The zero-order valence-electron chi connectivity index (χ0n) is 11.5. The van der Waals surface area contributed by atoms with Crippen molar-refractivity contribution in [1.29, 1.82) is 0 Å². The van der Waals surface area contributed by atoms with Crippen LogP contribution in [0, 0.1) is 0 Å². The van der Waals surface area contributed by atoms with E-state index in [1.54, 1.807) is 12.4 Å². The number of aryl methyl sites for hydroxylation is 1. The third-order valence-electron chi connectivity index (χ3n) is 3.20. The van der Waals surface area contributed by atoms with Crippen LogP contribution < -0.4 is 0 Å². The first-order valence-corrected chi connectivity index (χ1v) is 6.75. The Morgan fingerprint density at radius 2 is 2.05 bits per heavy atom. The Labute approximate surface area is 121 Å². The summed E-state index contributed by atoms with van der Waals surface area (Å²) in [6.45, 7) is 4.29. The molecule has 0 radical (unpaired) electrons. The molecule has 6 heteroatoms. The second kappa shape index (κ2) is 4.83. The average molecular weight is 288 g/mol. The molecule has 102 valence electrons. The largest absolute Gasteiger partial charge is 0.270 e. The summed E-state index contributed by atoms with van der Waals surface area (Å²) >= 11 is 5.84. The van der Waals surface area contributed by atoms with Crippen LogP contribution in [0.3, 0.4) is 0 Å². The molecule has 0 N–H and O–H groups in total. The fourth-order valence-electron chi connectivity index (χ4n) is 2.42.